The van der Waals surface area contributed by atoms with E-state index in [4.69, 9.17) is 0 Å². The van der Waals surface area contributed by atoms with Crippen molar-refractivity contribution in [1.29, 1.82) is 0 Å². The number of anilines is 1. The highest BCUT2D eigenvalue weighted by molar-refractivity contribution is 7.90. The van der Waals surface area contributed by atoms with Gasteiger partial charge in [0.15, 0.2) is 0 Å². The summed E-state index contributed by atoms with van der Waals surface area (Å²) in [4.78, 5) is 37.3. The van der Waals surface area contributed by atoms with Gasteiger partial charge in [-0.25, -0.2) is 12.7 Å². The standard InChI is InChI=1S/C19H16N4O5S/c1-12(23-19(26)14-9-5-6-10-15(14)29(23,27)28)18(25)20-16-11-17(24)22(21-16)13-7-3-2-4-8-13/h2-10,12H,11H2,1H3,(H,20,21,25)/t12-/m1/s1. The Balaban J connectivity index is 1.54. The zero-order chi connectivity index (χ0) is 20.8. The van der Waals surface area contributed by atoms with E-state index in [0.29, 0.717) is 9.99 Å². The highest BCUT2D eigenvalue weighted by Gasteiger charge is 2.46. The number of nitrogens with zero attached hydrogens (tertiary/aromatic N) is 3. The van der Waals surface area contributed by atoms with Crippen molar-refractivity contribution in [3.05, 3.63) is 60.2 Å². The first-order valence-corrected chi connectivity index (χ1v) is 10.2. The molecule has 9 nitrogen and oxygen atoms in total. The summed E-state index contributed by atoms with van der Waals surface area (Å²) in [5, 5.41) is 7.72. The van der Waals surface area contributed by atoms with E-state index in [2.05, 4.69) is 10.4 Å². The minimum absolute atomic E-state index is 0.0239. The van der Waals surface area contributed by atoms with Gasteiger partial charge in [0.25, 0.3) is 21.8 Å². The van der Waals surface area contributed by atoms with Gasteiger partial charge in [0.2, 0.25) is 5.91 Å². The smallest absolute Gasteiger partial charge is 0.269 e. The summed E-state index contributed by atoms with van der Waals surface area (Å²) in [6, 6.07) is 13.2. The van der Waals surface area contributed by atoms with Crippen LogP contribution < -0.4 is 10.3 Å². The first-order chi connectivity index (χ1) is 13.8. The Bertz CT molecular complexity index is 1160. The molecule has 0 spiro atoms. The fraction of sp³-hybridized carbons (Fsp3) is 0.158. The van der Waals surface area contributed by atoms with E-state index >= 15 is 0 Å². The molecule has 0 radical (unpaired) electrons. The Kier molecular flexibility index (Phi) is 4.42. The molecule has 2 aromatic rings. The van der Waals surface area contributed by atoms with Crippen molar-refractivity contribution in [2.24, 2.45) is 5.10 Å². The van der Waals surface area contributed by atoms with Gasteiger partial charge in [-0.05, 0) is 31.2 Å². The fourth-order valence-corrected chi connectivity index (χ4v) is 4.93. The molecular formula is C19H16N4O5S. The van der Waals surface area contributed by atoms with E-state index in [1.807, 2.05) is 0 Å². The third kappa shape index (κ3) is 3.07. The minimum Gasteiger partial charge on any atom is -0.310 e. The van der Waals surface area contributed by atoms with Crippen molar-refractivity contribution in [3.63, 3.8) is 0 Å². The van der Waals surface area contributed by atoms with Gasteiger partial charge >= 0.3 is 0 Å². The number of para-hydroxylation sites is 1. The number of nitrogens with one attached hydrogen (secondary N) is 1. The predicted octanol–water partition coefficient (Wildman–Crippen LogP) is 1.09. The third-order valence-electron chi connectivity index (χ3n) is 4.63. The van der Waals surface area contributed by atoms with E-state index in [1.54, 1.807) is 36.4 Å². The van der Waals surface area contributed by atoms with Gasteiger partial charge < -0.3 is 5.32 Å². The van der Waals surface area contributed by atoms with Gasteiger partial charge in [0, 0.05) is 0 Å². The second-order valence-corrected chi connectivity index (χ2v) is 8.32. The second-order valence-electron chi connectivity index (χ2n) is 6.53. The molecule has 0 aromatic heterocycles. The molecule has 29 heavy (non-hydrogen) atoms. The van der Waals surface area contributed by atoms with E-state index in [-0.39, 0.29) is 28.6 Å². The molecule has 1 N–H and O–H groups in total. The monoisotopic (exact) mass is 412 g/mol. The topological polar surface area (TPSA) is 116 Å². The maximum Gasteiger partial charge on any atom is 0.269 e. The maximum absolute atomic E-state index is 12.7. The van der Waals surface area contributed by atoms with Crippen LogP contribution in [0.3, 0.4) is 0 Å². The number of benzene rings is 2. The van der Waals surface area contributed by atoms with Gasteiger partial charge in [-0.1, -0.05) is 30.3 Å². The molecule has 0 aliphatic carbocycles. The molecule has 0 saturated heterocycles. The summed E-state index contributed by atoms with van der Waals surface area (Å²) < 4.78 is 26.0. The van der Waals surface area contributed by atoms with Crippen LogP contribution in [0.15, 0.2) is 64.6 Å². The average molecular weight is 412 g/mol. The van der Waals surface area contributed by atoms with Crippen molar-refractivity contribution in [2.75, 3.05) is 5.01 Å². The number of fused-ring (bicyclic) bond motifs is 1. The minimum atomic E-state index is -4.13. The van der Waals surface area contributed by atoms with E-state index in [1.165, 1.54) is 25.1 Å². The summed E-state index contributed by atoms with van der Waals surface area (Å²) in [6.07, 6.45) is -0.145. The summed E-state index contributed by atoms with van der Waals surface area (Å²) >= 11 is 0. The lowest BCUT2D eigenvalue weighted by Crippen LogP contribution is -2.49. The van der Waals surface area contributed by atoms with Crippen LogP contribution in [0.25, 0.3) is 0 Å². The lowest BCUT2D eigenvalue weighted by atomic mass is 10.2. The number of carbonyl (C=O) groups excluding carboxylic acids is 3. The molecule has 4 rings (SSSR count). The number of hydrogen-bond donors (Lipinski definition) is 1. The molecule has 2 aromatic carbocycles. The van der Waals surface area contributed by atoms with Crippen LogP contribution in [0.5, 0.6) is 0 Å². The molecule has 3 amide bonds. The molecule has 2 heterocycles. The Morgan fingerprint density at radius 1 is 1.07 bits per heavy atom. The van der Waals surface area contributed by atoms with Crippen LogP contribution in [0.4, 0.5) is 5.69 Å². The summed E-state index contributed by atoms with van der Waals surface area (Å²) in [5.74, 6) is -1.77. The predicted molar refractivity (Wildman–Crippen MR) is 103 cm³/mol. The largest absolute Gasteiger partial charge is 0.310 e. The van der Waals surface area contributed by atoms with Crippen molar-refractivity contribution < 1.29 is 22.8 Å². The first kappa shape index (κ1) is 18.8. The molecule has 0 bridgehead atoms. The number of hydrazone groups is 1. The Morgan fingerprint density at radius 3 is 2.41 bits per heavy atom. The van der Waals surface area contributed by atoms with E-state index in [9.17, 15) is 22.8 Å². The molecule has 10 heteroatoms. The SMILES string of the molecule is C[C@H](C(=O)NC1=NN(c2ccccc2)C(=O)C1)N1C(=O)c2ccccc2S1(=O)=O. The number of amidine groups is 1. The molecule has 2 aliphatic heterocycles. The lowest BCUT2D eigenvalue weighted by Gasteiger charge is -2.22. The molecule has 0 fully saturated rings. The zero-order valence-electron chi connectivity index (χ0n) is 15.3. The Labute approximate surface area is 166 Å². The molecule has 0 unspecified atom stereocenters. The highest BCUT2D eigenvalue weighted by Crippen LogP contribution is 2.31. The number of amides is 3. The number of carbonyl (C=O) groups is 3. The normalized spacial score (nSPS) is 18.4. The Hall–Kier alpha value is -3.53. The van der Waals surface area contributed by atoms with Crippen LogP contribution in [0.2, 0.25) is 0 Å². The second kappa shape index (κ2) is 6.82. The van der Waals surface area contributed by atoms with Gasteiger partial charge in [0.05, 0.1) is 17.7 Å². The van der Waals surface area contributed by atoms with Gasteiger partial charge in [-0.15, -0.1) is 0 Å². The van der Waals surface area contributed by atoms with Crippen LogP contribution in [0, 0.1) is 0 Å². The van der Waals surface area contributed by atoms with Crippen LogP contribution in [-0.4, -0.2) is 42.3 Å². The zero-order valence-corrected chi connectivity index (χ0v) is 16.1. The van der Waals surface area contributed by atoms with Crippen LogP contribution in [0.1, 0.15) is 23.7 Å². The van der Waals surface area contributed by atoms with Gasteiger partial charge in [0.1, 0.15) is 16.8 Å². The van der Waals surface area contributed by atoms with Crippen molar-refractivity contribution in [1.82, 2.24) is 9.62 Å². The summed E-state index contributed by atoms with van der Waals surface area (Å²) in [6.45, 7) is 1.31. The van der Waals surface area contributed by atoms with Gasteiger partial charge in [-0.3, -0.25) is 14.4 Å². The molecule has 2 aliphatic rings. The van der Waals surface area contributed by atoms with Crippen molar-refractivity contribution in [2.45, 2.75) is 24.3 Å². The Morgan fingerprint density at radius 2 is 1.72 bits per heavy atom. The molecule has 148 valence electrons. The van der Waals surface area contributed by atoms with Crippen LogP contribution in [-0.2, 0) is 19.6 Å². The molecular weight excluding hydrogens is 396 g/mol. The van der Waals surface area contributed by atoms with Gasteiger partial charge in [-0.2, -0.15) is 10.1 Å². The lowest BCUT2D eigenvalue weighted by molar-refractivity contribution is -0.122. The number of hydrogen-bond acceptors (Lipinski definition) is 6. The average Bonchev–Trinajstić information content (AvgIpc) is 3.17. The summed E-state index contributed by atoms with van der Waals surface area (Å²) in [5.41, 5.74) is 0.568. The highest BCUT2D eigenvalue weighted by atomic mass is 32.2. The maximum atomic E-state index is 12.7. The first-order valence-electron chi connectivity index (χ1n) is 8.75. The fourth-order valence-electron chi connectivity index (χ4n) is 3.21. The molecule has 1 atom stereocenters. The van der Waals surface area contributed by atoms with Crippen molar-refractivity contribution >= 4 is 39.3 Å². The van der Waals surface area contributed by atoms with E-state index in [0.717, 1.165) is 5.01 Å². The quantitative estimate of drug-likeness (QED) is 0.810. The van der Waals surface area contributed by atoms with Crippen LogP contribution >= 0.6 is 0 Å². The number of sulfonamides is 1. The van der Waals surface area contributed by atoms with Crippen molar-refractivity contribution in [3.8, 4) is 0 Å². The summed E-state index contributed by atoms with van der Waals surface area (Å²) in [7, 11) is -4.13. The molecule has 0 saturated carbocycles. The third-order valence-corrected chi connectivity index (χ3v) is 6.54. The van der Waals surface area contributed by atoms with E-state index < -0.39 is 27.9 Å². The number of rotatable bonds is 3.